The fourth-order valence-electron chi connectivity index (χ4n) is 2.69. The zero-order valence-electron chi connectivity index (χ0n) is 12.6. The molecule has 1 fully saturated rings. The summed E-state index contributed by atoms with van der Waals surface area (Å²) in [7, 11) is -3.43. The second-order valence-corrected chi connectivity index (χ2v) is 8.44. The van der Waals surface area contributed by atoms with E-state index in [1.165, 1.54) is 4.31 Å². The second-order valence-electron chi connectivity index (χ2n) is 5.61. The number of sulfonamides is 1. The molecule has 1 aromatic rings. The number of hydrogen-bond acceptors (Lipinski definition) is 3. The number of anilines is 1. The third kappa shape index (κ3) is 4.98. The molecule has 122 valence electrons. The first-order chi connectivity index (χ1) is 10.4. The number of carbonyl (C=O) groups excluding carboxylic acids is 1. The first-order valence-electron chi connectivity index (χ1n) is 7.39. The maximum absolute atomic E-state index is 12.0. The number of hydrogen-bond donors (Lipinski definition) is 1. The molecule has 1 amide bonds. The molecule has 0 saturated heterocycles. The lowest BCUT2D eigenvalue weighted by Crippen LogP contribution is -2.37. The van der Waals surface area contributed by atoms with Gasteiger partial charge in [0.2, 0.25) is 15.9 Å². The predicted octanol–water partition coefficient (Wildman–Crippen LogP) is 2.66. The number of carbonyl (C=O) groups is 1. The summed E-state index contributed by atoms with van der Waals surface area (Å²) in [5, 5.41) is 2.98. The zero-order valence-corrected chi connectivity index (χ0v) is 15.0. The Morgan fingerprint density at radius 2 is 2.05 bits per heavy atom. The number of rotatable bonds is 6. The van der Waals surface area contributed by atoms with E-state index in [9.17, 15) is 13.2 Å². The van der Waals surface area contributed by atoms with Crippen LogP contribution in [0.15, 0.2) is 28.7 Å². The fraction of sp³-hybridized carbons (Fsp3) is 0.533. The topological polar surface area (TPSA) is 66.5 Å². The highest BCUT2D eigenvalue weighted by molar-refractivity contribution is 9.10. The van der Waals surface area contributed by atoms with Crippen LogP contribution in [0.5, 0.6) is 0 Å². The zero-order chi connectivity index (χ0) is 16.2. The lowest BCUT2D eigenvalue weighted by atomic mass is 10.2. The highest BCUT2D eigenvalue weighted by Gasteiger charge is 2.21. The number of benzene rings is 1. The largest absolute Gasteiger partial charge is 0.353 e. The van der Waals surface area contributed by atoms with E-state index in [0.717, 1.165) is 36.4 Å². The van der Waals surface area contributed by atoms with Gasteiger partial charge in [-0.1, -0.05) is 34.8 Å². The SMILES string of the molecule is CS(=O)(=O)N(CCC(=O)NC1CCCC1)c1cccc(Br)c1. The Hall–Kier alpha value is -1.08. The average molecular weight is 389 g/mol. The summed E-state index contributed by atoms with van der Waals surface area (Å²) < 4.78 is 26.0. The van der Waals surface area contributed by atoms with E-state index in [0.29, 0.717) is 5.69 Å². The molecule has 5 nitrogen and oxygen atoms in total. The molecule has 2 rings (SSSR count). The lowest BCUT2D eigenvalue weighted by molar-refractivity contribution is -0.121. The molecule has 0 aliphatic heterocycles. The Morgan fingerprint density at radius 3 is 2.64 bits per heavy atom. The Morgan fingerprint density at radius 1 is 1.36 bits per heavy atom. The van der Waals surface area contributed by atoms with Crippen LogP contribution in [-0.4, -0.2) is 33.2 Å². The van der Waals surface area contributed by atoms with Gasteiger partial charge in [0.25, 0.3) is 0 Å². The van der Waals surface area contributed by atoms with Crippen LogP contribution in [0.1, 0.15) is 32.1 Å². The molecular formula is C15H21BrN2O3S. The normalized spacial score (nSPS) is 15.7. The lowest BCUT2D eigenvalue weighted by Gasteiger charge is -2.23. The van der Waals surface area contributed by atoms with Gasteiger partial charge in [-0.15, -0.1) is 0 Å². The van der Waals surface area contributed by atoms with E-state index < -0.39 is 10.0 Å². The molecule has 22 heavy (non-hydrogen) atoms. The highest BCUT2D eigenvalue weighted by Crippen LogP contribution is 2.22. The van der Waals surface area contributed by atoms with E-state index >= 15 is 0 Å². The quantitative estimate of drug-likeness (QED) is 0.814. The summed E-state index contributed by atoms with van der Waals surface area (Å²) in [6.45, 7) is 0.147. The maximum Gasteiger partial charge on any atom is 0.232 e. The van der Waals surface area contributed by atoms with Crippen molar-refractivity contribution in [1.29, 1.82) is 0 Å². The molecule has 7 heteroatoms. The van der Waals surface area contributed by atoms with Crippen LogP contribution in [0, 0.1) is 0 Å². The predicted molar refractivity (Wildman–Crippen MR) is 91.3 cm³/mol. The van der Waals surface area contributed by atoms with Crippen LogP contribution in [0.4, 0.5) is 5.69 Å². The monoisotopic (exact) mass is 388 g/mol. The van der Waals surface area contributed by atoms with Crippen LogP contribution in [0.25, 0.3) is 0 Å². The molecule has 0 spiro atoms. The molecule has 0 unspecified atom stereocenters. The van der Waals surface area contributed by atoms with Crippen LogP contribution < -0.4 is 9.62 Å². The van der Waals surface area contributed by atoms with Gasteiger partial charge in [0, 0.05) is 23.5 Å². The Kier molecular flexibility index (Phi) is 5.86. The number of nitrogens with zero attached hydrogens (tertiary/aromatic N) is 1. The highest BCUT2D eigenvalue weighted by atomic mass is 79.9. The molecule has 0 atom stereocenters. The van der Waals surface area contributed by atoms with E-state index in [1.54, 1.807) is 18.2 Å². The molecule has 1 N–H and O–H groups in total. The van der Waals surface area contributed by atoms with Gasteiger partial charge in [0.05, 0.1) is 11.9 Å². The van der Waals surface area contributed by atoms with Crippen LogP contribution >= 0.6 is 15.9 Å². The Bertz CT molecular complexity index is 627. The molecular weight excluding hydrogens is 368 g/mol. The van der Waals surface area contributed by atoms with Gasteiger partial charge in [0.15, 0.2) is 0 Å². The summed E-state index contributed by atoms with van der Waals surface area (Å²) in [6, 6.07) is 7.31. The van der Waals surface area contributed by atoms with Crippen molar-refractivity contribution >= 4 is 37.5 Å². The molecule has 0 heterocycles. The minimum absolute atomic E-state index is 0.0875. The maximum atomic E-state index is 12.0. The van der Waals surface area contributed by atoms with E-state index in [2.05, 4.69) is 21.2 Å². The summed E-state index contributed by atoms with van der Waals surface area (Å²) in [5.74, 6) is -0.0875. The van der Waals surface area contributed by atoms with Crippen molar-refractivity contribution in [2.24, 2.45) is 0 Å². The number of halogens is 1. The standard InChI is InChI=1S/C15H21BrN2O3S/c1-22(20,21)18(14-8-4-5-12(16)11-14)10-9-15(19)17-13-6-2-3-7-13/h4-5,8,11,13H,2-3,6-7,9-10H2,1H3,(H,17,19). The molecule has 1 aliphatic carbocycles. The summed E-state index contributed by atoms with van der Waals surface area (Å²) in [6.07, 6.45) is 5.66. The minimum atomic E-state index is -3.43. The third-order valence-corrected chi connectivity index (χ3v) is 5.45. The number of nitrogens with one attached hydrogen (secondary N) is 1. The second kappa shape index (κ2) is 7.46. The van der Waals surface area contributed by atoms with E-state index in [4.69, 9.17) is 0 Å². The van der Waals surface area contributed by atoms with Crippen LogP contribution in [-0.2, 0) is 14.8 Å². The van der Waals surface area contributed by atoms with Gasteiger partial charge in [-0.25, -0.2) is 8.42 Å². The van der Waals surface area contributed by atoms with E-state index in [-0.39, 0.29) is 24.9 Å². The minimum Gasteiger partial charge on any atom is -0.353 e. The fourth-order valence-corrected chi connectivity index (χ4v) is 4.00. The van der Waals surface area contributed by atoms with Gasteiger partial charge in [0.1, 0.15) is 0 Å². The van der Waals surface area contributed by atoms with Gasteiger partial charge < -0.3 is 5.32 Å². The van der Waals surface area contributed by atoms with Crippen molar-refractivity contribution in [3.8, 4) is 0 Å². The Balaban J connectivity index is 2.00. The smallest absolute Gasteiger partial charge is 0.232 e. The molecule has 0 aromatic heterocycles. The Labute approximate surface area is 140 Å². The number of amides is 1. The van der Waals surface area contributed by atoms with Crippen molar-refractivity contribution in [2.45, 2.75) is 38.1 Å². The molecule has 1 aliphatic rings. The summed E-state index contributed by atoms with van der Waals surface area (Å²) in [5.41, 5.74) is 0.561. The van der Waals surface area contributed by atoms with Crippen LogP contribution in [0.2, 0.25) is 0 Å². The first-order valence-corrected chi connectivity index (χ1v) is 10.0. The molecule has 0 bridgehead atoms. The van der Waals surface area contributed by atoms with Crippen molar-refractivity contribution in [3.05, 3.63) is 28.7 Å². The van der Waals surface area contributed by atoms with E-state index in [1.807, 2.05) is 6.07 Å². The van der Waals surface area contributed by atoms with Gasteiger partial charge in [-0.05, 0) is 31.0 Å². The van der Waals surface area contributed by atoms with Gasteiger partial charge >= 0.3 is 0 Å². The van der Waals surface area contributed by atoms with Gasteiger partial charge in [-0.3, -0.25) is 9.10 Å². The van der Waals surface area contributed by atoms with Crippen molar-refractivity contribution in [3.63, 3.8) is 0 Å². The molecule has 1 aromatic carbocycles. The average Bonchev–Trinajstić information content (AvgIpc) is 2.90. The van der Waals surface area contributed by atoms with Crippen molar-refractivity contribution < 1.29 is 13.2 Å². The van der Waals surface area contributed by atoms with Crippen molar-refractivity contribution in [1.82, 2.24) is 5.32 Å². The molecule has 1 saturated carbocycles. The summed E-state index contributed by atoms with van der Waals surface area (Å²) in [4.78, 5) is 12.0. The van der Waals surface area contributed by atoms with Crippen molar-refractivity contribution in [2.75, 3.05) is 17.1 Å². The van der Waals surface area contributed by atoms with Gasteiger partial charge in [-0.2, -0.15) is 0 Å². The van der Waals surface area contributed by atoms with Crippen LogP contribution in [0.3, 0.4) is 0 Å². The first kappa shape index (κ1) is 17.3. The molecule has 0 radical (unpaired) electrons. The third-order valence-electron chi connectivity index (χ3n) is 3.76. The summed E-state index contributed by atoms with van der Waals surface area (Å²) >= 11 is 3.33.